The molecule has 2 atom stereocenters. The summed E-state index contributed by atoms with van der Waals surface area (Å²) >= 11 is 0. The maximum absolute atomic E-state index is 11.8. The molecule has 0 fully saturated rings. The zero-order valence-corrected chi connectivity index (χ0v) is 18.2. The second-order valence-electron chi connectivity index (χ2n) is 6.40. The van der Waals surface area contributed by atoms with Crippen LogP contribution in [0.2, 0.25) is 0 Å². The third-order valence-electron chi connectivity index (χ3n) is 3.83. The van der Waals surface area contributed by atoms with Gasteiger partial charge in [-0.2, -0.15) is 0 Å². The van der Waals surface area contributed by atoms with Crippen LogP contribution in [0.3, 0.4) is 0 Å². The maximum atomic E-state index is 11.8. The highest BCUT2D eigenvalue weighted by Crippen LogP contribution is 2.23. The first kappa shape index (κ1) is 26.6. The predicted molar refractivity (Wildman–Crippen MR) is 112 cm³/mol. The van der Waals surface area contributed by atoms with Gasteiger partial charge in [0, 0.05) is 24.3 Å². The van der Waals surface area contributed by atoms with Gasteiger partial charge in [-0.05, 0) is 12.8 Å². The summed E-state index contributed by atoms with van der Waals surface area (Å²) in [6.07, 6.45) is 5.79. The SMILES string of the molecule is CCCCCC(=O)N[C@@H](CSSC[C@H](NC(=O)CCCCC)C(=O)O)C(=O)O. The Bertz CT molecular complexity index is 460. The summed E-state index contributed by atoms with van der Waals surface area (Å²) in [4.78, 5) is 46.1. The number of nitrogens with one attached hydrogen (secondary N) is 2. The van der Waals surface area contributed by atoms with E-state index < -0.39 is 24.0 Å². The van der Waals surface area contributed by atoms with Gasteiger partial charge in [0.2, 0.25) is 11.8 Å². The molecule has 0 saturated heterocycles. The highest BCUT2D eigenvalue weighted by atomic mass is 33.1. The molecule has 0 saturated carbocycles. The van der Waals surface area contributed by atoms with Crippen molar-refractivity contribution in [2.24, 2.45) is 0 Å². The molecule has 28 heavy (non-hydrogen) atoms. The molecule has 4 N–H and O–H groups in total. The average Bonchev–Trinajstić information content (AvgIpc) is 2.63. The first-order valence-corrected chi connectivity index (χ1v) is 12.1. The zero-order valence-electron chi connectivity index (χ0n) is 16.6. The van der Waals surface area contributed by atoms with Crippen molar-refractivity contribution in [3.63, 3.8) is 0 Å². The van der Waals surface area contributed by atoms with E-state index in [1.165, 1.54) is 0 Å². The van der Waals surface area contributed by atoms with Crippen molar-refractivity contribution >= 4 is 45.3 Å². The molecular formula is C18H32N2O6S2. The fourth-order valence-electron chi connectivity index (χ4n) is 2.19. The van der Waals surface area contributed by atoms with Crippen molar-refractivity contribution < 1.29 is 29.4 Å². The molecule has 0 aliphatic heterocycles. The molecule has 0 aromatic carbocycles. The van der Waals surface area contributed by atoms with Crippen LogP contribution in [0.1, 0.15) is 65.2 Å². The number of carbonyl (C=O) groups excluding carboxylic acids is 2. The Labute approximate surface area is 174 Å². The second kappa shape index (κ2) is 16.5. The molecule has 0 aliphatic rings. The minimum absolute atomic E-state index is 0.107. The van der Waals surface area contributed by atoms with Crippen LogP contribution in [0.5, 0.6) is 0 Å². The summed E-state index contributed by atoms with van der Waals surface area (Å²) in [7, 11) is 2.32. The van der Waals surface area contributed by atoms with Crippen LogP contribution in [0.4, 0.5) is 0 Å². The van der Waals surface area contributed by atoms with E-state index in [1.807, 2.05) is 13.8 Å². The fraction of sp³-hybridized carbons (Fsp3) is 0.778. The Hall–Kier alpha value is -1.42. The van der Waals surface area contributed by atoms with Gasteiger partial charge < -0.3 is 20.8 Å². The van der Waals surface area contributed by atoms with E-state index in [1.54, 1.807) is 0 Å². The molecule has 0 aromatic heterocycles. The lowest BCUT2D eigenvalue weighted by atomic mass is 10.2. The van der Waals surface area contributed by atoms with E-state index in [4.69, 9.17) is 0 Å². The van der Waals surface area contributed by atoms with Crippen LogP contribution >= 0.6 is 21.6 Å². The van der Waals surface area contributed by atoms with Crippen molar-refractivity contribution in [2.75, 3.05) is 11.5 Å². The van der Waals surface area contributed by atoms with E-state index in [-0.39, 0.29) is 23.3 Å². The van der Waals surface area contributed by atoms with Gasteiger partial charge >= 0.3 is 11.9 Å². The van der Waals surface area contributed by atoms with Gasteiger partial charge in [-0.3, -0.25) is 9.59 Å². The van der Waals surface area contributed by atoms with Crippen molar-refractivity contribution in [2.45, 2.75) is 77.3 Å². The summed E-state index contributed by atoms with van der Waals surface area (Å²) in [6, 6.07) is -2.06. The first-order valence-electron chi connectivity index (χ1n) is 9.60. The van der Waals surface area contributed by atoms with Gasteiger partial charge in [0.05, 0.1) is 0 Å². The smallest absolute Gasteiger partial charge is 0.327 e. The third kappa shape index (κ3) is 13.7. The number of aliphatic carboxylic acids is 2. The normalized spacial score (nSPS) is 12.8. The topological polar surface area (TPSA) is 133 Å². The Morgan fingerprint density at radius 3 is 1.36 bits per heavy atom. The van der Waals surface area contributed by atoms with Crippen LogP contribution < -0.4 is 10.6 Å². The molecular weight excluding hydrogens is 404 g/mol. The van der Waals surface area contributed by atoms with Gasteiger partial charge in [-0.1, -0.05) is 61.1 Å². The maximum Gasteiger partial charge on any atom is 0.327 e. The molecule has 0 heterocycles. The summed E-state index contributed by atoms with van der Waals surface area (Å²) in [5.74, 6) is -2.64. The van der Waals surface area contributed by atoms with Gasteiger partial charge in [-0.25, -0.2) is 9.59 Å². The Morgan fingerprint density at radius 2 is 1.07 bits per heavy atom. The Balaban J connectivity index is 4.28. The van der Waals surface area contributed by atoms with E-state index in [9.17, 15) is 29.4 Å². The molecule has 10 heteroatoms. The molecule has 0 rings (SSSR count). The largest absolute Gasteiger partial charge is 0.480 e. The number of hydrogen-bond acceptors (Lipinski definition) is 6. The number of carboxylic acids is 2. The minimum Gasteiger partial charge on any atom is -0.480 e. The predicted octanol–water partition coefficient (Wildman–Crippen LogP) is 2.67. The van der Waals surface area contributed by atoms with Gasteiger partial charge in [0.15, 0.2) is 0 Å². The van der Waals surface area contributed by atoms with E-state index in [0.29, 0.717) is 12.8 Å². The molecule has 0 unspecified atom stereocenters. The van der Waals surface area contributed by atoms with Crippen molar-refractivity contribution in [3.8, 4) is 0 Å². The van der Waals surface area contributed by atoms with Gasteiger partial charge in [0.25, 0.3) is 0 Å². The van der Waals surface area contributed by atoms with Crippen LogP contribution in [0.25, 0.3) is 0 Å². The Kier molecular flexibility index (Phi) is 15.7. The second-order valence-corrected chi connectivity index (χ2v) is 8.95. The summed E-state index contributed by atoms with van der Waals surface area (Å²) in [5, 5.41) is 23.4. The summed E-state index contributed by atoms with van der Waals surface area (Å²) in [6.45, 7) is 4.04. The molecule has 162 valence electrons. The fourth-order valence-corrected chi connectivity index (χ4v) is 4.50. The van der Waals surface area contributed by atoms with Crippen molar-refractivity contribution in [1.29, 1.82) is 0 Å². The average molecular weight is 437 g/mol. The summed E-state index contributed by atoms with van der Waals surface area (Å²) < 4.78 is 0. The number of carboxylic acid groups (broad SMARTS) is 2. The number of hydrogen-bond donors (Lipinski definition) is 4. The summed E-state index contributed by atoms with van der Waals surface area (Å²) in [5.41, 5.74) is 0. The van der Waals surface area contributed by atoms with Crippen molar-refractivity contribution in [3.05, 3.63) is 0 Å². The molecule has 8 nitrogen and oxygen atoms in total. The first-order chi connectivity index (χ1) is 13.3. The standard InChI is InChI=1S/C18H32N2O6S2/c1-3-5-7-9-15(21)19-13(17(23)24)11-27-28-12-14(18(25)26)20-16(22)10-8-6-4-2/h13-14H,3-12H2,1-2H3,(H,19,21)(H,20,22)(H,23,24)(H,25,26)/t13-,14-/m0/s1. The van der Waals surface area contributed by atoms with E-state index in [0.717, 1.165) is 60.1 Å². The highest BCUT2D eigenvalue weighted by Gasteiger charge is 2.22. The lowest BCUT2D eigenvalue weighted by molar-refractivity contribution is -0.141. The monoisotopic (exact) mass is 436 g/mol. The third-order valence-corrected chi connectivity index (χ3v) is 6.26. The molecule has 2 amide bonds. The van der Waals surface area contributed by atoms with Gasteiger partial charge in [0.1, 0.15) is 12.1 Å². The van der Waals surface area contributed by atoms with E-state index in [2.05, 4.69) is 10.6 Å². The number of carbonyl (C=O) groups is 4. The van der Waals surface area contributed by atoms with E-state index >= 15 is 0 Å². The molecule has 0 aromatic rings. The van der Waals surface area contributed by atoms with Gasteiger partial charge in [-0.15, -0.1) is 0 Å². The number of amides is 2. The van der Waals surface area contributed by atoms with Crippen molar-refractivity contribution in [1.82, 2.24) is 10.6 Å². The number of unbranched alkanes of at least 4 members (excludes halogenated alkanes) is 4. The van der Waals surface area contributed by atoms with Crippen LogP contribution in [0, 0.1) is 0 Å². The highest BCUT2D eigenvalue weighted by molar-refractivity contribution is 8.76. The Morgan fingerprint density at radius 1 is 0.714 bits per heavy atom. The molecule has 0 radical (unpaired) electrons. The molecule has 0 spiro atoms. The molecule has 0 aliphatic carbocycles. The van der Waals surface area contributed by atoms with Crippen LogP contribution in [0.15, 0.2) is 0 Å². The minimum atomic E-state index is -1.13. The van der Waals surface area contributed by atoms with Crippen LogP contribution in [-0.4, -0.2) is 57.6 Å². The lowest BCUT2D eigenvalue weighted by Gasteiger charge is -2.16. The quantitative estimate of drug-likeness (QED) is 0.202. The number of rotatable bonds is 17. The lowest BCUT2D eigenvalue weighted by Crippen LogP contribution is -2.43. The van der Waals surface area contributed by atoms with Crippen LogP contribution in [-0.2, 0) is 19.2 Å². The molecule has 0 bridgehead atoms. The zero-order chi connectivity index (χ0) is 21.4.